The molecule has 8 aromatic carbocycles. The molecule has 53 heavy (non-hydrogen) atoms. The SMILES string of the molecule is CC1(C)c2ccccc2-c2ccc(N(c3ccc(-c4ccc5cc(-c6ccccc6)ccc5c4)cc3)c3ccc4c(c3)C(C)(C)c3ccccc3-4)cc21. The fraction of sp³-hybridized carbons (Fsp3) is 0.115. The lowest BCUT2D eigenvalue weighted by atomic mass is 9.82. The van der Waals surface area contributed by atoms with Gasteiger partial charge in [0.1, 0.15) is 0 Å². The van der Waals surface area contributed by atoms with E-state index in [-0.39, 0.29) is 10.8 Å². The molecule has 1 nitrogen and oxygen atoms in total. The van der Waals surface area contributed by atoms with Gasteiger partial charge >= 0.3 is 0 Å². The maximum atomic E-state index is 2.45. The van der Waals surface area contributed by atoms with Crippen LogP contribution < -0.4 is 4.90 Å². The summed E-state index contributed by atoms with van der Waals surface area (Å²) in [7, 11) is 0. The summed E-state index contributed by atoms with van der Waals surface area (Å²) in [5, 5.41) is 2.50. The molecule has 8 aromatic rings. The van der Waals surface area contributed by atoms with Crippen molar-refractivity contribution in [3.05, 3.63) is 198 Å². The molecule has 254 valence electrons. The molecule has 2 aliphatic rings. The van der Waals surface area contributed by atoms with Crippen molar-refractivity contribution in [1.29, 1.82) is 0 Å². The highest BCUT2D eigenvalue weighted by Crippen LogP contribution is 2.53. The fourth-order valence-electron chi connectivity index (χ4n) is 9.15. The van der Waals surface area contributed by atoms with Crippen molar-refractivity contribution >= 4 is 27.8 Å². The van der Waals surface area contributed by atoms with Crippen LogP contribution in [0.1, 0.15) is 49.9 Å². The molecule has 0 saturated carbocycles. The Labute approximate surface area is 312 Å². The van der Waals surface area contributed by atoms with Crippen LogP contribution >= 0.6 is 0 Å². The molecule has 1 heteroatoms. The average Bonchev–Trinajstić information content (AvgIpc) is 3.57. The monoisotopic (exact) mass is 679 g/mol. The first-order valence-corrected chi connectivity index (χ1v) is 18.8. The Bertz CT molecular complexity index is 2610. The molecule has 0 aromatic heterocycles. The average molecular weight is 680 g/mol. The summed E-state index contributed by atoms with van der Waals surface area (Å²) in [6.07, 6.45) is 0. The second-order valence-electron chi connectivity index (χ2n) is 15.8. The smallest absolute Gasteiger partial charge is 0.0465 e. The van der Waals surface area contributed by atoms with E-state index in [1.807, 2.05) is 0 Å². The van der Waals surface area contributed by atoms with Gasteiger partial charge in [0.2, 0.25) is 0 Å². The van der Waals surface area contributed by atoms with Crippen molar-refractivity contribution in [1.82, 2.24) is 0 Å². The van der Waals surface area contributed by atoms with Crippen LogP contribution in [0.4, 0.5) is 17.1 Å². The number of hydrogen-bond acceptors (Lipinski definition) is 1. The molecule has 2 aliphatic carbocycles. The Morgan fingerprint density at radius 1 is 0.302 bits per heavy atom. The van der Waals surface area contributed by atoms with Crippen molar-refractivity contribution < 1.29 is 0 Å². The van der Waals surface area contributed by atoms with Crippen LogP contribution in [0.3, 0.4) is 0 Å². The van der Waals surface area contributed by atoms with E-state index in [1.165, 1.54) is 88.9 Å². The molecule has 0 amide bonds. The summed E-state index contributed by atoms with van der Waals surface area (Å²) in [6, 6.07) is 65.3. The normalized spacial score (nSPS) is 14.3. The Kier molecular flexibility index (Phi) is 6.94. The Morgan fingerprint density at radius 3 is 1.21 bits per heavy atom. The van der Waals surface area contributed by atoms with Gasteiger partial charge in [0.25, 0.3) is 0 Å². The lowest BCUT2D eigenvalue weighted by molar-refractivity contribution is 0.660. The minimum Gasteiger partial charge on any atom is -0.310 e. The van der Waals surface area contributed by atoms with E-state index < -0.39 is 0 Å². The summed E-state index contributed by atoms with van der Waals surface area (Å²) in [4.78, 5) is 2.45. The lowest BCUT2D eigenvalue weighted by Gasteiger charge is -2.30. The summed E-state index contributed by atoms with van der Waals surface area (Å²) >= 11 is 0. The van der Waals surface area contributed by atoms with E-state index in [4.69, 9.17) is 0 Å². The van der Waals surface area contributed by atoms with Crippen molar-refractivity contribution in [2.45, 2.75) is 38.5 Å². The third-order valence-electron chi connectivity index (χ3n) is 12.1. The van der Waals surface area contributed by atoms with E-state index in [9.17, 15) is 0 Å². The summed E-state index contributed by atoms with van der Waals surface area (Å²) in [6.45, 7) is 9.45. The van der Waals surface area contributed by atoms with Gasteiger partial charge in [-0.15, -0.1) is 0 Å². The van der Waals surface area contributed by atoms with Crippen LogP contribution in [0.5, 0.6) is 0 Å². The molecule has 0 heterocycles. The summed E-state index contributed by atoms with van der Waals surface area (Å²) in [5.74, 6) is 0. The topological polar surface area (TPSA) is 3.24 Å². The molecule has 10 rings (SSSR count). The van der Waals surface area contributed by atoms with Crippen molar-refractivity contribution in [3.8, 4) is 44.5 Å². The predicted molar refractivity (Wildman–Crippen MR) is 225 cm³/mol. The molecule has 0 spiro atoms. The first-order valence-electron chi connectivity index (χ1n) is 18.8. The van der Waals surface area contributed by atoms with Gasteiger partial charge in [0, 0.05) is 27.9 Å². The quantitative estimate of drug-likeness (QED) is 0.175. The zero-order valence-electron chi connectivity index (χ0n) is 30.7. The van der Waals surface area contributed by atoms with Crippen LogP contribution in [0, 0.1) is 0 Å². The van der Waals surface area contributed by atoms with Gasteiger partial charge in [-0.3, -0.25) is 0 Å². The lowest BCUT2D eigenvalue weighted by Crippen LogP contribution is -2.18. The second-order valence-corrected chi connectivity index (χ2v) is 15.8. The molecule has 0 unspecified atom stereocenters. The minimum atomic E-state index is -0.0863. The summed E-state index contributed by atoms with van der Waals surface area (Å²) in [5.41, 5.74) is 19.1. The molecule has 0 aliphatic heterocycles. The third-order valence-corrected chi connectivity index (χ3v) is 12.1. The van der Waals surface area contributed by atoms with Gasteiger partial charge in [-0.2, -0.15) is 0 Å². The maximum absolute atomic E-state index is 2.45. The molecule has 0 radical (unpaired) electrons. The number of rotatable bonds is 5. The van der Waals surface area contributed by atoms with Gasteiger partial charge in [-0.1, -0.05) is 155 Å². The summed E-state index contributed by atoms with van der Waals surface area (Å²) < 4.78 is 0. The molecule has 0 saturated heterocycles. The first kappa shape index (κ1) is 31.5. The number of nitrogens with zero attached hydrogens (tertiary/aromatic N) is 1. The van der Waals surface area contributed by atoms with E-state index in [0.717, 1.165) is 5.69 Å². The zero-order chi connectivity index (χ0) is 35.9. The predicted octanol–water partition coefficient (Wildman–Crippen LogP) is 14.3. The standard InChI is InChI=1S/C52H41N/c1-51(2)47-16-10-8-14-43(47)45-28-26-41(32-49(45)51)53(42-27-29-46-44-15-9-11-17-48(44)52(3,4)50(46)33-42)40-24-22-35(23-25-40)37-19-21-38-30-36(18-20-39(38)31-37)34-12-6-5-7-13-34/h5-33H,1-4H3. The van der Waals surface area contributed by atoms with E-state index in [0.29, 0.717) is 0 Å². The van der Waals surface area contributed by atoms with Crippen LogP contribution in [-0.2, 0) is 10.8 Å². The minimum absolute atomic E-state index is 0.0863. The Balaban J connectivity index is 1.07. The highest BCUT2D eigenvalue weighted by atomic mass is 15.1. The largest absolute Gasteiger partial charge is 0.310 e. The van der Waals surface area contributed by atoms with Crippen LogP contribution in [0.2, 0.25) is 0 Å². The molecule has 0 fully saturated rings. The number of fused-ring (bicyclic) bond motifs is 7. The van der Waals surface area contributed by atoms with Crippen LogP contribution in [0.25, 0.3) is 55.3 Å². The van der Waals surface area contributed by atoms with Gasteiger partial charge in [-0.05, 0) is 126 Å². The molecule has 0 N–H and O–H groups in total. The van der Waals surface area contributed by atoms with Crippen molar-refractivity contribution in [2.24, 2.45) is 0 Å². The first-order chi connectivity index (χ1) is 25.8. The fourth-order valence-corrected chi connectivity index (χ4v) is 9.15. The number of benzene rings is 8. The number of anilines is 3. The van der Waals surface area contributed by atoms with Gasteiger partial charge < -0.3 is 4.90 Å². The van der Waals surface area contributed by atoms with Crippen LogP contribution in [-0.4, -0.2) is 0 Å². The van der Waals surface area contributed by atoms with E-state index in [1.54, 1.807) is 0 Å². The van der Waals surface area contributed by atoms with Gasteiger partial charge in [-0.25, -0.2) is 0 Å². The Morgan fingerprint density at radius 2 is 0.698 bits per heavy atom. The van der Waals surface area contributed by atoms with E-state index in [2.05, 4.69) is 209 Å². The van der Waals surface area contributed by atoms with E-state index >= 15 is 0 Å². The third kappa shape index (κ3) is 4.91. The maximum Gasteiger partial charge on any atom is 0.0465 e. The highest BCUT2D eigenvalue weighted by Gasteiger charge is 2.37. The van der Waals surface area contributed by atoms with Gasteiger partial charge in [0.05, 0.1) is 0 Å². The second kappa shape index (κ2) is 11.7. The highest BCUT2D eigenvalue weighted by molar-refractivity contribution is 5.92. The molecule has 0 atom stereocenters. The van der Waals surface area contributed by atoms with Crippen molar-refractivity contribution in [2.75, 3.05) is 4.90 Å². The van der Waals surface area contributed by atoms with Crippen molar-refractivity contribution in [3.63, 3.8) is 0 Å². The number of hydrogen-bond donors (Lipinski definition) is 0. The molecule has 0 bridgehead atoms. The molecular weight excluding hydrogens is 639 g/mol. The molecular formula is C52H41N. The van der Waals surface area contributed by atoms with Gasteiger partial charge in [0.15, 0.2) is 0 Å². The Hall–Kier alpha value is -6.18. The van der Waals surface area contributed by atoms with Crippen LogP contribution in [0.15, 0.2) is 176 Å². The zero-order valence-corrected chi connectivity index (χ0v) is 30.7.